The van der Waals surface area contributed by atoms with E-state index in [0.717, 1.165) is 32.9 Å². The first-order valence-corrected chi connectivity index (χ1v) is 6.53. The van der Waals surface area contributed by atoms with Gasteiger partial charge in [-0.05, 0) is 19.3 Å². The van der Waals surface area contributed by atoms with Gasteiger partial charge in [0.1, 0.15) is 0 Å². The Labute approximate surface area is 97.1 Å². The normalized spacial score (nSPS) is 44.8. The van der Waals surface area contributed by atoms with Crippen LogP contribution in [0.2, 0.25) is 0 Å². The van der Waals surface area contributed by atoms with Crippen LogP contribution in [-0.4, -0.2) is 56.0 Å². The molecule has 0 spiro atoms. The molecule has 3 fully saturated rings. The van der Waals surface area contributed by atoms with Crippen molar-refractivity contribution in [3.05, 3.63) is 0 Å². The molecule has 0 aromatic heterocycles. The maximum Gasteiger partial charge on any atom is 0.0730 e. The van der Waals surface area contributed by atoms with Gasteiger partial charge < -0.3 is 15.2 Å². The third-order valence-electron chi connectivity index (χ3n) is 4.31. The molecule has 1 saturated carbocycles. The largest absolute Gasteiger partial charge is 0.379 e. The van der Waals surface area contributed by atoms with Crippen LogP contribution >= 0.6 is 0 Å². The summed E-state index contributed by atoms with van der Waals surface area (Å²) in [5, 5.41) is 0. The van der Waals surface area contributed by atoms with Gasteiger partial charge in [0, 0.05) is 31.1 Å². The molecule has 16 heavy (non-hydrogen) atoms. The number of ether oxygens (including phenoxy) is 2. The Balaban J connectivity index is 1.60. The highest BCUT2D eigenvalue weighted by Crippen LogP contribution is 2.30. The van der Waals surface area contributed by atoms with Crippen molar-refractivity contribution in [2.75, 3.05) is 32.9 Å². The standard InChI is InChI=1S/C12H22N2O2/c13-10-8-15-7-9(10)6-14-4-5-16-12-3-1-2-11(12)14/h9-12H,1-8,13H2. The molecule has 2 heterocycles. The van der Waals surface area contributed by atoms with Crippen LogP contribution in [0.3, 0.4) is 0 Å². The van der Waals surface area contributed by atoms with Gasteiger partial charge in [-0.15, -0.1) is 0 Å². The Kier molecular flexibility index (Phi) is 3.16. The van der Waals surface area contributed by atoms with Gasteiger partial charge in [-0.25, -0.2) is 0 Å². The average molecular weight is 226 g/mol. The molecule has 3 rings (SSSR count). The molecule has 3 aliphatic rings. The number of nitrogens with two attached hydrogens (primary N) is 1. The Morgan fingerprint density at radius 1 is 1.25 bits per heavy atom. The van der Waals surface area contributed by atoms with Crippen molar-refractivity contribution in [3.8, 4) is 0 Å². The van der Waals surface area contributed by atoms with E-state index < -0.39 is 0 Å². The van der Waals surface area contributed by atoms with Gasteiger partial charge >= 0.3 is 0 Å². The lowest BCUT2D eigenvalue weighted by atomic mass is 10.0. The SMILES string of the molecule is NC1COCC1CN1CCOC2CCCC21. The van der Waals surface area contributed by atoms with Gasteiger partial charge in [0.25, 0.3) is 0 Å². The van der Waals surface area contributed by atoms with Crippen LogP contribution in [-0.2, 0) is 9.47 Å². The van der Waals surface area contributed by atoms with Crippen molar-refractivity contribution < 1.29 is 9.47 Å². The van der Waals surface area contributed by atoms with E-state index >= 15 is 0 Å². The van der Waals surface area contributed by atoms with Crippen LogP contribution in [0.15, 0.2) is 0 Å². The van der Waals surface area contributed by atoms with Crippen molar-refractivity contribution in [2.45, 2.75) is 37.5 Å². The van der Waals surface area contributed by atoms with Crippen LogP contribution in [0.5, 0.6) is 0 Å². The molecule has 92 valence electrons. The molecule has 0 bridgehead atoms. The fourth-order valence-corrected chi connectivity index (χ4v) is 3.34. The Bertz CT molecular complexity index is 249. The lowest BCUT2D eigenvalue weighted by Crippen LogP contribution is -2.51. The van der Waals surface area contributed by atoms with Gasteiger partial charge in [0.2, 0.25) is 0 Å². The third-order valence-corrected chi connectivity index (χ3v) is 4.31. The molecule has 2 saturated heterocycles. The van der Waals surface area contributed by atoms with E-state index in [0.29, 0.717) is 18.1 Å². The van der Waals surface area contributed by atoms with Crippen LogP contribution in [0, 0.1) is 5.92 Å². The van der Waals surface area contributed by atoms with Gasteiger partial charge in [-0.3, -0.25) is 4.90 Å². The Morgan fingerprint density at radius 3 is 3.00 bits per heavy atom. The molecule has 0 radical (unpaired) electrons. The van der Waals surface area contributed by atoms with Crippen molar-refractivity contribution in [1.29, 1.82) is 0 Å². The van der Waals surface area contributed by atoms with E-state index in [1.54, 1.807) is 0 Å². The first kappa shape index (κ1) is 11.0. The van der Waals surface area contributed by atoms with Crippen LogP contribution in [0.1, 0.15) is 19.3 Å². The average Bonchev–Trinajstić information content (AvgIpc) is 2.89. The van der Waals surface area contributed by atoms with Crippen molar-refractivity contribution >= 4 is 0 Å². The minimum absolute atomic E-state index is 0.239. The van der Waals surface area contributed by atoms with Gasteiger partial charge in [0.15, 0.2) is 0 Å². The highest BCUT2D eigenvalue weighted by atomic mass is 16.5. The van der Waals surface area contributed by atoms with Gasteiger partial charge in [-0.2, -0.15) is 0 Å². The topological polar surface area (TPSA) is 47.7 Å². The zero-order chi connectivity index (χ0) is 11.0. The van der Waals surface area contributed by atoms with Crippen molar-refractivity contribution in [3.63, 3.8) is 0 Å². The molecule has 1 aliphatic carbocycles. The van der Waals surface area contributed by atoms with E-state index in [9.17, 15) is 0 Å². The molecular weight excluding hydrogens is 204 g/mol. The second-order valence-electron chi connectivity index (χ2n) is 5.36. The number of rotatable bonds is 2. The summed E-state index contributed by atoms with van der Waals surface area (Å²) in [6.07, 6.45) is 4.35. The summed E-state index contributed by atoms with van der Waals surface area (Å²) in [6, 6.07) is 0.893. The summed E-state index contributed by atoms with van der Waals surface area (Å²) in [5.74, 6) is 0.527. The Hall–Kier alpha value is -0.160. The second-order valence-corrected chi connectivity index (χ2v) is 5.36. The lowest BCUT2D eigenvalue weighted by molar-refractivity contribution is -0.0607. The molecule has 2 N–H and O–H groups in total. The number of nitrogens with zero attached hydrogens (tertiary/aromatic N) is 1. The molecule has 4 unspecified atom stereocenters. The number of hydrogen-bond acceptors (Lipinski definition) is 4. The number of fused-ring (bicyclic) bond motifs is 1. The number of hydrogen-bond donors (Lipinski definition) is 1. The summed E-state index contributed by atoms with van der Waals surface area (Å²) in [4.78, 5) is 2.60. The fourth-order valence-electron chi connectivity index (χ4n) is 3.34. The Morgan fingerprint density at radius 2 is 2.19 bits per heavy atom. The maximum absolute atomic E-state index is 6.05. The monoisotopic (exact) mass is 226 g/mol. The van der Waals surface area contributed by atoms with Crippen LogP contribution in [0.4, 0.5) is 0 Å². The van der Waals surface area contributed by atoms with Crippen LogP contribution < -0.4 is 5.73 Å². The minimum Gasteiger partial charge on any atom is -0.379 e. The van der Waals surface area contributed by atoms with Gasteiger partial charge in [-0.1, -0.05) is 0 Å². The minimum atomic E-state index is 0.239. The predicted molar refractivity (Wildman–Crippen MR) is 61.2 cm³/mol. The quantitative estimate of drug-likeness (QED) is 0.731. The highest BCUT2D eigenvalue weighted by Gasteiger charge is 2.38. The molecule has 0 amide bonds. The molecule has 0 aromatic rings. The van der Waals surface area contributed by atoms with E-state index in [4.69, 9.17) is 15.2 Å². The predicted octanol–water partition coefficient (Wildman–Crippen LogP) is 0.213. The summed E-state index contributed by atoms with van der Waals surface area (Å²) in [5.41, 5.74) is 6.05. The third kappa shape index (κ3) is 1.99. The summed E-state index contributed by atoms with van der Waals surface area (Å²) >= 11 is 0. The highest BCUT2D eigenvalue weighted by molar-refractivity contribution is 4.91. The first-order chi connectivity index (χ1) is 7.84. The molecule has 4 heteroatoms. The summed E-state index contributed by atoms with van der Waals surface area (Å²) in [7, 11) is 0. The van der Waals surface area contributed by atoms with Crippen LogP contribution in [0.25, 0.3) is 0 Å². The summed E-state index contributed by atoms with van der Waals surface area (Å²) < 4.78 is 11.3. The first-order valence-electron chi connectivity index (χ1n) is 6.53. The van der Waals surface area contributed by atoms with E-state index in [-0.39, 0.29) is 6.04 Å². The molecule has 4 nitrogen and oxygen atoms in total. The van der Waals surface area contributed by atoms with E-state index in [2.05, 4.69) is 4.90 Å². The summed E-state index contributed by atoms with van der Waals surface area (Å²) in [6.45, 7) is 4.65. The molecular formula is C12H22N2O2. The molecule has 2 aliphatic heterocycles. The zero-order valence-electron chi connectivity index (χ0n) is 9.81. The van der Waals surface area contributed by atoms with Gasteiger partial charge in [0.05, 0.1) is 25.9 Å². The number of morpholine rings is 1. The second kappa shape index (κ2) is 4.61. The van der Waals surface area contributed by atoms with E-state index in [1.165, 1.54) is 19.3 Å². The molecule has 4 atom stereocenters. The van der Waals surface area contributed by atoms with E-state index in [1.807, 2.05) is 0 Å². The lowest BCUT2D eigenvalue weighted by Gasteiger charge is -2.39. The van der Waals surface area contributed by atoms with Crippen molar-refractivity contribution in [1.82, 2.24) is 4.90 Å². The zero-order valence-corrected chi connectivity index (χ0v) is 9.81. The van der Waals surface area contributed by atoms with Crippen molar-refractivity contribution in [2.24, 2.45) is 11.7 Å². The fraction of sp³-hybridized carbons (Fsp3) is 1.00. The maximum atomic E-state index is 6.05. The smallest absolute Gasteiger partial charge is 0.0730 e. The molecule has 0 aromatic carbocycles.